The summed E-state index contributed by atoms with van der Waals surface area (Å²) in [5.41, 5.74) is 6.95. The van der Waals surface area contributed by atoms with Crippen LogP contribution in [0.15, 0.2) is 18.2 Å². The van der Waals surface area contributed by atoms with Gasteiger partial charge >= 0.3 is 0 Å². The highest BCUT2D eigenvalue weighted by Gasteiger charge is 2.62. The average molecular weight is 278 g/mol. The van der Waals surface area contributed by atoms with Crippen LogP contribution in [0.1, 0.15) is 19.3 Å². The van der Waals surface area contributed by atoms with Crippen molar-refractivity contribution in [2.75, 3.05) is 36.9 Å². The normalized spacial score (nSPS) is 26.4. The van der Waals surface area contributed by atoms with E-state index in [1.54, 1.807) is 12.1 Å². The molecule has 0 unspecified atom stereocenters. The van der Waals surface area contributed by atoms with E-state index < -0.39 is 0 Å². The number of rotatable bonds is 1. The number of nitrogen functional groups attached to an aromatic ring is 1. The van der Waals surface area contributed by atoms with Gasteiger partial charge in [0.2, 0.25) is 0 Å². The van der Waals surface area contributed by atoms with Gasteiger partial charge in [-0.05, 0) is 24.6 Å². The van der Waals surface area contributed by atoms with Crippen molar-refractivity contribution in [2.45, 2.75) is 25.0 Å². The third-order valence-electron chi connectivity index (χ3n) is 4.67. The summed E-state index contributed by atoms with van der Waals surface area (Å²) in [6, 6.07) is 4.90. The first-order valence-corrected chi connectivity index (χ1v) is 7.18. The second-order valence-corrected chi connectivity index (χ2v) is 6.38. The lowest BCUT2D eigenvalue weighted by Crippen LogP contribution is -2.70. The molecule has 2 spiro atoms. The lowest BCUT2D eigenvalue weighted by atomic mass is 9.59. The Labute approximate surface area is 117 Å². The van der Waals surface area contributed by atoms with Crippen LogP contribution in [0.2, 0.25) is 0 Å². The third kappa shape index (κ3) is 1.80. The molecular weight excluding hydrogens is 259 g/mol. The number of benzene rings is 1. The van der Waals surface area contributed by atoms with Crippen molar-refractivity contribution in [3.63, 3.8) is 0 Å². The molecule has 1 aliphatic carbocycles. The lowest BCUT2D eigenvalue weighted by molar-refractivity contribution is -0.343. The Kier molecular flexibility index (Phi) is 2.54. The van der Waals surface area contributed by atoms with E-state index in [2.05, 4.69) is 4.90 Å². The maximum atomic E-state index is 13.9. The number of anilines is 2. The molecule has 0 bridgehead atoms. The van der Waals surface area contributed by atoms with E-state index in [9.17, 15) is 4.39 Å². The molecule has 2 heterocycles. The summed E-state index contributed by atoms with van der Waals surface area (Å²) in [5.74, 6) is -0.566. The summed E-state index contributed by atoms with van der Waals surface area (Å²) in [6.45, 7) is 3.35. The van der Waals surface area contributed by atoms with Gasteiger partial charge in [-0.25, -0.2) is 4.39 Å². The SMILES string of the molecule is Nc1ccc(N2CC3(C2)CC2(C3)OCCCO2)c(F)c1. The molecule has 2 N–H and O–H groups in total. The molecule has 0 atom stereocenters. The number of ether oxygens (including phenoxy) is 2. The van der Waals surface area contributed by atoms with Gasteiger partial charge in [-0.15, -0.1) is 0 Å². The lowest BCUT2D eigenvalue weighted by Gasteiger charge is -2.64. The molecule has 5 heteroatoms. The van der Waals surface area contributed by atoms with E-state index in [4.69, 9.17) is 15.2 Å². The monoisotopic (exact) mass is 278 g/mol. The quantitative estimate of drug-likeness (QED) is 0.800. The second-order valence-electron chi connectivity index (χ2n) is 6.38. The van der Waals surface area contributed by atoms with Crippen LogP contribution in [0.25, 0.3) is 0 Å². The zero-order chi connectivity index (χ0) is 13.8. The predicted molar refractivity (Wildman–Crippen MR) is 73.9 cm³/mol. The van der Waals surface area contributed by atoms with E-state index in [1.807, 2.05) is 0 Å². The molecule has 4 nitrogen and oxygen atoms in total. The van der Waals surface area contributed by atoms with Crippen molar-refractivity contribution in [3.05, 3.63) is 24.0 Å². The number of nitrogens with two attached hydrogens (primary N) is 1. The molecule has 1 aromatic carbocycles. The van der Waals surface area contributed by atoms with Crippen LogP contribution >= 0.6 is 0 Å². The molecule has 3 aliphatic rings. The Morgan fingerprint density at radius 2 is 1.85 bits per heavy atom. The fourth-order valence-corrected chi connectivity index (χ4v) is 3.85. The summed E-state index contributed by atoms with van der Waals surface area (Å²) >= 11 is 0. The van der Waals surface area contributed by atoms with Crippen LogP contribution < -0.4 is 10.6 Å². The van der Waals surface area contributed by atoms with Crippen LogP contribution in [0, 0.1) is 11.2 Å². The second kappa shape index (κ2) is 4.09. The van der Waals surface area contributed by atoms with Gasteiger partial charge in [0.15, 0.2) is 5.79 Å². The van der Waals surface area contributed by atoms with Gasteiger partial charge in [-0.2, -0.15) is 0 Å². The topological polar surface area (TPSA) is 47.7 Å². The third-order valence-corrected chi connectivity index (χ3v) is 4.67. The van der Waals surface area contributed by atoms with Crippen molar-refractivity contribution in [1.29, 1.82) is 0 Å². The number of halogens is 1. The van der Waals surface area contributed by atoms with Gasteiger partial charge in [0.05, 0.1) is 18.9 Å². The summed E-state index contributed by atoms with van der Waals surface area (Å²) < 4.78 is 25.4. The minimum absolute atomic E-state index is 0.237. The van der Waals surface area contributed by atoms with Crippen LogP contribution in [-0.4, -0.2) is 32.1 Å². The van der Waals surface area contributed by atoms with Gasteiger partial charge in [-0.3, -0.25) is 0 Å². The highest BCUT2D eigenvalue weighted by atomic mass is 19.1. The standard InChI is InChI=1S/C15H19FN2O2/c16-12-6-11(17)2-3-13(12)18-9-14(10-18)7-15(8-14)19-4-1-5-20-15/h2-3,6H,1,4-5,7-10,17H2. The maximum Gasteiger partial charge on any atom is 0.169 e. The average Bonchev–Trinajstić information content (AvgIpc) is 2.34. The minimum Gasteiger partial charge on any atom is -0.399 e. The van der Waals surface area contributed by atoms with Crippen LogP contribution in [-0.2, 0) is 9.47 Å². The van der Waals surface area contributed by atoms with Crippen LogP contribution in [0.5, 0.6) is 0 Å². The van der Waals surface area contributed by atoms with E-state index in [0.717, 1.165) is 45.6 Å². The van der Waals surface area contributed by atoms with Gasteiger partial charge in [-0.1, -0.05) is 0 Å². The van der Waals surface area contributed by atoms with E-state index in [0.29, 0.717) is 11.4 Å². The van der Waals surface area contributed by atoms with Crippen molar-refractivity contribution in [3.8, 4) is 0 Å². The maximum absolute atomic E-state index is 13.9. The number of hydrogen-bond acceptors (Lipinski definition) is 4. The van der Waals surface area contributed by atoms with E-state index in [1.165, 1.54) is 6.07 Å². The van der Waals surface area contributed by atoms with Gasteiger partial charge < -0.3 is 20.1 Å². The number of nitrogens with zero attached hydrogens (tertiary/aromatic N) is 1. The zero-order valence-corrected chi connectivity index (χ0v) is 11.4. The van der Waals surface area contributed by atoms with Gasteiger partial charge in [0.1, 0.15) is 5.82 Å². The van der Waals surface area contributed by atoms with Gasteiger partial charge in [0, 0.05) is 37.0 Å². The summed E-state index contributed by atoms with van der Waals surface area (Å²) in [6.07, 6.45) is 2.86. The fourth-order valence-electron chi connectivity index (χ4n) is 3.85. The van der Waals surface area contributed by atoms with Crippen LogP contribution in [0.3, 0.4) is 0 Å². The first-order chi connectivity index (χ1) is 9.60. The van der Waals surface area contributed by atoms with Crippen molar-refractivity contribution in [2.24, 2.45) is 5.41 Å². The summed E-state index contributed by atoms with van der Waals surface area (Å²) in [4.78, 5) is 2.07. The molecule has 4 rings (SSSR count). The zero-order valence-electron chi connectivity index (χ0n) is 11.4. The van der Waals surface area contributed by atoms with E-state index >= 15 is 0 Å². The molecule has 0 radical (unpaired) electrons. The predicted octanol–water partition coefficient (Wildman–Crippen LogP) is 2.14. The highest BCUT2D eigenvalue weighted by Crippen LogP contribution is 2.57. The first-order valence-electron chi connectivity index (χ1n) is 7.18. The van der Waals surface area contributed by atoms with Crippen molar-refractivity contribution >= 4 is 11.4 Å². The molecule has 1 saturated carbocycles. The Bertz CT molecular complexity index is 527. The Morgan fingerprint density at radius 3 is 2.50 bits per heavy atom. The minimum atomic E-state index is -0.329. The smallest absolute Gasteiger partial charge is 0.169 e. The van der Waals surface area contributed by atoms with Crippen molar-refractivity contribution in [1.82, 2.24) is 0 Å². The molecular formula is C15H19FN2O2. The number of hydrogen-bond donors (Lipinski definition) is 1. The van der Waals surface area contributed by atoms with Gasteiger partial charge in [0.25, 0.3) is 0 Å². The molecule has 108 valence electrons. The molecule has 1 aromatic rings. The molecule has 0 amide bonds. The summed E-state index contributed by atoms with van der Waals surface area (Å²) in [7, 11) is 0. The Hall–Kier alpha value is -1.33. The highest BCUT2D eigenvalue weighted by molar-refractivity contribution is 5.57. The Morgan fingerprint density at radius 1 is 1.15 bits per heavy atom. The molecule has 2 aliphatic heterocycles. The molecule has 3 fully saturated rings. The van der Waals surface area contributed by atoms with Crippen molar-refractivity contribution < 1.29 is 13.9 Å². The molecule has 2 saturated heterocycles. The Balaban J connectivity index is 1.41. The molecule has 0 aromatic heterocycles. The largest absolute Gasteiger partial charge is 0.399 e. The fraction of sp³-hybridized carbons (Fsp3) is 0.600. The summed E-state index contributed by atoms with van der Waals surface area (Å²) in [5, 5.41) is 0. The first kappa shape index (κ1) is 12.4. The van der Waals surface area contributed by atoms with Crippen LogP contribution in [0.4, 0.5) is 15.8 Å². The molecule has 20 heavy (non-hydrogen) atoms. The van der Waals surface area contributed by atoms with E-state index in [-0.39, 0.29) is 17.0 Å².